The summed E-state index contributed by atoms with van der Waals surface area (Å²) in [6, 6.07) is 12.9. The first-order valence-electron chi connectivity index (χ1n) is 10.2. The Morgan fingerprint density at radius 2 is 2.18 bits per heavy atom. The molecule has 2 aliphatic rings. The van der Waals surface area contributed by atoms with Gasteiger partial charge in [-0.3, -0.25) is 4.79 Å². The molecule has 4 nitrogen and oxygen atoms in total. The van der Waals surface area contributed by atoms with E-state index in [2.05, 4.69) is 47.0 Å². The number of fused-ring (bicyclic) bond motifs is 2. The number of nitrogens with one attached hydrogen (secondary N) is 2. The number of ether oxygens (including phenoxy) is 1. The van der Waals surface area contributed by atoms with Gasteiger partial charge in [-0.2, -0.15) is 0 Å². The van der Waals surface area contributed by atoms with Crippen LogP contribution in [0.3, 0.4) is 0 Å². The van der Waals surface area contributed by atoms with Crippen LogP contribution in [-0.2, 0) is 17.6 Å². The highest BCUT2D eigenvalue weighted by atomic mass is 32.2. The maximum atomic E-state index is 11.6. The lowest BCUT2D eigenvalue weighted by Gasteiger charge is -2.27. The molecule has 1 atom stereocenters. The average molecular weight is 397 g/mol. The molecular formula is C23H28N2O2S. The van der Waals surface area contributed by atoms with Gasteiger partial charge in [-0.1, -0.05) is 18.2 Å². The van der Waals surface area contributed by atoms with Crippen molar-refractivity contribution in [3.63, 3.8) is 0 Å². The Morgan fingerprint density at radius 1 is 1.25 bits per heavy atom. The number of carbonyl (C=O) groups excluding carboxylic acids is 1. The standard InChI is InChI=1S/C23H28N2O2S/c1-27-21-7-3-5-18-17(4-2-6-19(18)21)11-13-24-12-10-16-8-9-22-20(14-16)25-23(26)15-28-22/h3,5,7-9,14,17,24H,2,4,6,10-13,15H2,1H3,(H,25,26). The van der Waals surface area contributed by atoms with Gasteiger partial charge in [-0.25, -0.2) is 0 Å². The fourth-order valence-corrected chi connectivity index (χ4v) is 5.11. The van der Waals surface area contributed by atoms with Gasteiger partial charge in [0.1, 0.15) is 5.75 Å². The molecule has 0 fully saturated rings. The largest absolute Gasteiger partial charge is 0.496 e. The molecule has 2 N–H and O–H groups in total. The third kappa shape index (κ3) is 4.36. The minimum absolute atomic E-state index is 0.0946. The van der Waals surface area contributed by atoms with E-state index >= 15 is 0 Å². The van der Waals surface area contributed by atoms with Crippen LogP contribution in [0.5, 0.6) is 5.75 Å². The Bertz CT molecular complexity index is 852. The molecule has 0 saturated heterocycles. The monoisotopic (exact) mass is 396 g/mol. The molecule has 1 aliphatic heterocycles. The summed E-state index contributed by atoms with van der Waals surface area (Å²) in [7, 11) is 1.77. The summed E-state index contributed by atoms with van der Waals surface area (Å²) in [6.07, 6.45) is 5.79. The quantitative estimate of drug-likeness (QED) is 0.682. The lowest BCUT2D eigenvalue weighted by atomic mass is 9.80. The number of hydrogen-bond acceptors (Lipinski definition) is 4. The van der Waals surface area contributed by atoms with E-state index in [0.29, 0.717) is 11.7 Å². The minimum atomic E-state index is 0.0946. The molecule has 0 radical (unpaired) electrons. The van der Waals surface area contributed by atoms with Gasteiger partial charge in [0.2, 0.25) is 5.91 Å². The van der Waals surface area contributed by atoms with Crippen LogP contribution in [0, 0.1) is 0 Å². The molecule has 1 aliphatic carbocycles. The number of benzene rings is 2. The molecule has 0 aromatic heterocycles. The van der Waals surface area contributed by atoms with E-state index in [1.807, 2.05) is 0 Å². The van der Waals surface area contributed by atoms with Crippen molar-refractivity contribution in [3.8, 4) is 5.75 Å². The molecule has 4 rings (SSSR count). The second-order valence-corrected chi connectivity index (χ2v) is 8.59. The van der Waals surface area contributed by atoms with Gasteiger partial charge in [0.15, 0.2) is 0 Å². The lowest BCUT2D eigenvalue weighted by molar-refractivity contribution is -0.113. The van der Waals surface area contributed by atoms with Crippen LogP contribution in [-0.4, -0.2) is 31.9 Å². The molecular weight excluding hydrogens is 368 g/mol. The van der Waals surface area contributed by atoms with Gasteiger partial charge in [0.05, 0.1) is 18.6 Å². The zero-order chi connectivity index (χ0) is 19.3. The molecule has 1 amide bonds. The maximum Gasteiger partial charge on any atom is 0.234 e. The van der Waals surface area contributed by atoms with E-state index in [4.69, 9.17) is 4.74 Å². The highest BCUT2D eigenvalue weighted by Crippen LogP contribution is 2.38. The highest BCUT2D eigenvalue weighted by Gasteiger charge is 2.22. The molecule has 148 valence electrons. The van der Waals surface area contributed by atoms with Gasteiger partial charge < -0.3 is 15.4 Å². The number of rotatable bonds is 7. The fourth-order valence-electron chi connectivity index (χ4n) is 4.32. The van der Waals surface area contributed by atoms with Crippen LogP contribution < -0.4 is 15.4 Å². The molecule has 1 heterocycles. The second kappa shape index (κ2) is 9.01. The van der Waals surface area contributed by atoms with E-state index in [1.54, 1.807) is 18.9 Å². The topological polar surface area (TPSA) is 50.4 Å². The van der Waals surface area contributed by atoms with Crippen molar-refractivity contribution in [3.05, 3.63) is 53.1 Å². The first-order valence-corrected chi connectivity index (χ1v) is 11.1. The Hall–Kier alpha value is -1.98. The van der Waals surface area contributed by atoms with E-state index in [9.17, 15) is 4.79 Å². The number of hydrogen-bond donors (Lipinski definition) is 2. The third-order valence-electron chi connectivity index (χ3n) is 5.75. The van der Waals surface area contributed by atoms with Crippen LogP contribution in [0.2, 0.25) is 0 Å². The van der Waals surface area contributed by atoms with Crippen LogP contribution >= 0.6 is 11.8 Å². The van der Waals surface area contributed by atoms with Gasteiger partial charge in [0.25, 0.3) is 0 Å². The van der Waals surface area contributed by atoms with Crippen molar-refractivity contribution in [2.45, 2.75) is 42.9 Å². The Labute approximate surface area is 171 Å². The summed E-state index contributed by atoms with van der Waals surface area (Å²) in [5.74, 6) is 2.29. The molecule has 0 bridgehead atoms. The number of anilines is 1. The van der Waals surface area contributed by atoms with Crippen molar-refractivity contribution in [2.75, 3.05) is 31.3 Å². The predicted molar refractivity (Wildman–Crippen MR) is 116 cm³/mol. The van der Waals surface area contributed by atoms with E-state index < -0.39 is 0 Å². The van der Waals surface area contributed by atoms with Crippen LogP contribution in [0.4, 0.5) is 5.69 Å². The van der Waals surface area contributed by atoms with E-state index in [-0.39, 0.29) is 5.91 Å². The molecule has 2 aromatic rings. The Balaban J connectivity index is 1.26. The summed E-state index contributed by atoms with van der Waals surface area (Å²) < 4.78 is 5.56. The Morgan fingerprint density at radius 3 is 3.07 bits per heavy atom. The number of carbonyl (C=O) groups is 1. The van der Waals surface area contributed by atoms with Crippen LogP contribution in [0.15, 0.2) is 41.3 Å². The number of methoxy groups -OCH3 is 1. The zero-order valence-corrected chi connectivity index (χ0v) is 17.2. The molecule has 5 heteroatoms. The van der Waals surface area contributed by atoms with E-state index in [0.717, 1.165) is 43.8 Å². The zero-order valence-electron chi connectivity index (χ0n) is 16.4. The van der Waals surface area contributed by atoms with Crippen LogP contribution in [0.1, 0.15) is 41.9 Å². The minimum Gasteiger partial charge on any atom is -0.496 e. The van der Waals surface area contributed by atoms with Crippen molar-refractivity contribution >= 4 is 23.4 Å². The van der Waals surface area contributed by atoms with Gasteiger partial charge in [-0.05, 0) is 86.0 Å². The smallest absolute Gasteiger partial charge is 0.234 e. The van der Waals surface area contributed by atoms with Gasteiger partial charge in [-0.15, -0.1) is 11.8 Å². The summed E-state index contributed by atoms with van der Waals surface area (Å²) >= 11 is 1.61. The van der Waals surface area contributed by atoms with Crippen LogP contribution in [0.25, 0.3) is 0 Å². The normalized spacial score (nSPS) is 18.2. The lowest BCUT2D eigenvalue weighted by Crippen LogP contribution is -2.22. The SMILES string of the molecule is COc1cccc2c1CCCC2CCNCCc1ccc2c(c1)NC(=O)CS2. The number of thioether (sulfide) groups is 1. The summed E-state index contributed by atoms with van der Waals surface area (Å²) in [5, 5.41) is 6.58. The first-order chi connectivity index (χ1) is 13.7. The molecule has 1 unspecified atom stereocenters. The van der Waals surface area contributed by atoms with Gasteiger partial charge >= 0.3 is 0 Å². The summed E-state index contributed by atoms with van der Waals surface area (Å²) in [6.45, 7) is 1.98. The maximum absolute atomic E-state index is 11.6. The molecule has 0 saturated carbocycles. The van der Waals surface area contributed by atoms with Crippen molar-refractivity contribution in [1.82, 2.24) is 5.32 Å². The average Bonchev–Trinajstić information content (AvgIpc) is 2.72. The van der Waals surface area contributed by atoms with Crippen molar-refractivity contribution in [1.29, 1.82) is 0 Å². The summed E-state index contributed by atoms with van der Waals surface area (Å²) in [4.78, 5) is 12.7. The molecule has 0 spiro atoms. The second-order valence-electron chi connectivity index (χ2n) is 7.57. The number of amides is 1. The molecule has 28 heavy (non-hydrogen) atoms. The first kappa shape index (κ1) is 19.3. The predicted octanol–water partition coefficient (Wildman–Crippen LogP) is 4.38. The van der Waals surface area contributed by atoms with E-state index in [1.165, 1.54) is 34.4 Å². The van der Waals surface area contributed by atoms with Gasteiger partial charge in [0, 0.05) is 4.90 Å². The molecule has 2 aromatic carbocycles. The van der Waals surface area contributed by atoms with Crippen molar-refractivity contribution in [2.24, 2.45) is 0 Å². The third-order valence-corrected chi connectivity index (χ3v) is 6.82. The summed E-state index contributed by atoms with van der Waals surface area (Å²) in [5.41, 5.74) is 5.12. The Kier molecular flexibility index (Phi) is 6.23. The fraction of sp³-hybridized carbons (Fsp3) is 0.435. The van der Waals surface area contributed by atoms with Crippen molar-refractivity contribution < 1.29 is 9.53 Å². The highest BCUT2D eigenvalue weighted by molar-refractivity contribution is 8.00.